The van der Waals surface area contributed by atoms with E-state index in [1.807, 2.05) is 84.8 Å². The predicted molar refractivity (Wildman–Crippen MR) is 140 cm³/mol. The highest BCUT2D eigenvalue weighted by atomic mass is 32.1. The van der Waals surface area contributed by atoms with Crippen molar-refractivity contribution in [1.82, 2.24) is 9.80 Å². The molecule has 0 unspecified atom stereocenters. The molecule has 1 saturated heterocycles. The Morgan fingerprint density at radius 1 is 1.00 bits per heavy atom. The molecule has 3 amide bonds. The first-order valence-corrected chi connectivity index (χ1v) is 13.0. The highest BCUT2D eigenvalue weighted by molar-refractivity contribution is 7.09. The molecule has 0 spiro atoms. The van der Waals surface area contributed by atoms with Gasteiger partial charge in [-0.25, -0.2) is 4.79 Å². The number of amides is 3. The molecule has 1 aliphatic rings. The van der Waals surface area contributed by atoms with Gasteiger partial charge in [0.15, 0.2) is 0 Å². The van der Waals surface area contributed by atoms with Crippen LogP contribution >= 0.6 is 11.3 Å². The number of benzene rings is 2. The quantitative estimate of drug-likeness (QED) is 0.423. The van der Waals surface area contributed by atoms with Crippen LogP contribution in [0.5, 0.6) is 0 Å². The minimum Gasteiger partial charge on any atom is -0.376 e. The average molecular weight is 492 g/mol. The van der Waals surface area contributed by atoms with Crippen LogP contribution in [0.4, 0.5) is 10.5 Å². The summed E-state index contributed by atoms with van der Waals surface area (Å²) in [5.41, 5.74) is 3.95. The molecule has 3 aromatic rings. The number of hydrogen-bond donors (Lipinski definition) is 1. The van der Waals surface area contributed by atoms with Gasteiger partial charge in [-0.15, -0.1) is 11.3 Å². The van der Waals surface area contributed by atoms with E-state index >= 15 is 0 Å². The molecule has 1 atom stereocenters. The first kappa shape index (κ1) is 24.9. The second-order valence-corrected chi connectivity index (χ2v) is 10.0. The Bertz CT molecular complexity index is 1110. The number of urea groups is 1. The highest BCUT2D eigenvalue weighted by Crippen LogP contribution is 2.20. The fourth-order valence-corrected chi connectivity index (χ4v) is 4.94. The summed E-state index contributed by atoms with van der Waals surface area (Å²) >= 11 is 1.63. The second kappa shape index (κ2) is 12.0. The van der Waals surface area contributed by atoms with Crippen molar-refractivity contribution >= 4 is 29.0 Å². The van der Waals surface area contributed by atoms with Crippen LogP contribution in [0.3, 0.4) is 0 Å². The Morgan fingerprint density at radius 2 is 1.83 bits per heavy atom. The molecule has 4 rings (SSSR count). The van der Waals surface area contributed by atoms with Gasteiger partial charge >= 0.3 is 6.03 Å². The van der Waals surface area contributed by atoms with Crippen molar-refractivity contribution in [3.8, 4) is 0 Å². The van der Waals surface area contributed by atoms with E-state index in [-0.39, 0.29) is 24.6 Å². The predicted octanol–water partition coefficient (Wildman–Crippen LogP) is 5.61. The standard InChI is InChI=1S/C28H33N3O3S/c1-21-9-6-14-26(22(21)2)29-28(33)31(18-24-12-7-15-34-24)20-27(32)30(19-25-13-8-16-35-25)17-23-10-4-3-5-11-23/h3-6,8-11,13-14,16,24H,7,12,15,17-20H2,1-2H3,(H,29,33)/t24-/m1/s1. The number of ether oxygens (including phenoxy) is 1. The third-order valence-corrected chi connectivity index (χ3v) is 7.26. The lowest BCUT2D eigenvalue weighted by Gasteiger charge is -2.29. The molecule has 2 aromatic carbocycles. The summed E-state index contributed by atoms with van der Waals surface area (Å²) < 4.78 is 5.80. The van der Waals surface area contributed by atoms with Gasteiger partial charge in [-0.05, 0) is 60.9 Å². The minimum absolute atomic E-state index is 0.00519. The Hall–Kier alpha value is -3.16. The fraction of sp³-hybridized carbons (Fsp3) is 0.357. The lowest BCUT2D eigenvalue weighted by atomic mass is 10.1. The molecule has 184 valence electrons. The van der Waals surface area contributed by atoms with E-state index in [0.717, 1.165) is 40.1 Å². The van der Waals surface area contributed by atoms with Crippen LogP contribution in [0.25, 0.3) is 0 Å². The van der Waals surface area contributed by atoms with Crippen LogP contribution in [0.1, 0.15) is 34.4 Å². The molecule has 1 fully saturated rings. The molecule has 1 aromatic heterocycles. The molecule has 6 nitrogen and oxygen atoms in total. The zero-order valence-corrected chi connectivity index (χ0v) is 21.2. The maximum atomic E-state index is 13.6. The Kier molecular flexibility index (Phi) is 8.55. The molecular formula is C28H33N3O3S. The van der Waals surface area contributed by atoms with E-state index in [2.05, 4.69) is 5.32 Å². The Balaban J connectivity index is 1.52. The third-order valence-electron chi connectivity index (χ3n) is 6.40. The average Bonchev–Trinajstić information content (AvgIpc) is 3.56. The monoisotopic (exact) mass is 491 g/mol. The number of carbonyl (C=O) groups is 2. The maximum absolute atomic E-state index is 13.6. The zero-order valence-electron chi connectivity index (χ0n) is 20.4. The maximum Gasteiger partial charge on any atom is 0.322 e. The number of rotatable bonds is 9. The van der Waals surface area contributed by atoms with Gasteiger partial charge < -0.3 is 19.9 Å². The summed E-state index contributed by atoms with van der Waals surface area (Å²) in [7, 11) is 0. The van der Waals surface area contributed by atoms with Crippen molar-refractivity contribution in [3.05, 3.63) is 87.6 Å². The van der Waals surface area contributed by atoms with Crippen molar-refractivity contribution in [3.63, 3.8) is 0 Å². The molecule has 0 bridgehead atoms. The van der Waals surface area contributed by atoms with Gasteiger partial charge in [0, 0.05) is 30.3 Å². The van der Waals surface area contributed by atoms with Gasteiger partial charge in [-0.3, -0.25) is 4.79 Å². The number of nitrogens with one attached hydrogen (secondary N) is 1. The van der Waals surface area contributed by atoms with Gasteiger partial charge in [-0.1, -0.05) is 48.5 Å². The van der Waals surface area contributed by atoms with Crippen molar-refractivity contribution in [2.45, 2.75) is 45.9 Å². The number of hydrogen-bond acceptors (Lipinski definition) is 4. The number of anilines is 1. The van der Waals surface area contributed by atoms with Crippen molar-refractivity contribution < 1.29 is 14.3 Å². The fourth-order valence-electron chi connectivity index (χ4n) is 4.22. The molecule has 1 aliphatic heterocycles. The summed E-state index contributed by atoms with van der Waals surface area (Å²) in [4.78, 5) is 31.5. The first-order chi connectivity index (χ1) is 17.0. The number of carbonyl (C=O) groups excluding carboxylic acids is 2. The summed E-state index contributed by atoms with van der Waals surface area (Å²) in [5.74, 6) is -0.0867. The second-order valence-electron chi connectivity index (χ2n) is 9.01. The number of aryl methyl sites for hydroxylation is 1. The van der Waals surface area contributed by atoms with Crippen LogP contribution in [-0.4, -0.2) is 47.5 Å². The van der Waals surface area contributed by atoms with Gasteiger partial charge in [0.25, 0.3) is 0 Å². The molecule has 2 heterocycles. The topological polar surface area (TPSA) is 61.9 Å². The minimum atomic E-state index is -0.279. The largest absolute Gasteiger partial charge is 0.376 e. The molecular weight excluding hydrogens is 458 g/mol. The normalized spacial score (nSPS) is 15.1. The van der Waals surface area contributed by atoms with Crippen LogP contribution < -0.4 is 5.32 Å². The highest BCUT2D eigenvalue weighted by Gasteiger charge is 2.27. The van der Waals surface area contributed by atoms with E-state index in [1.54, 1.807) is 16.2 Å². The lowest BCUT2D eigenvalue weighted by molar-refractivity contribution is -0.133. The van der Waals surface area contributed by atoms with Crippen molar-refractivity contribution in [2.75, 3.05) is 25.0 Å². The molecule has 0 saturated carbocycles. The summed E-state index contributed by atoms with van der Waals surface area (Å²) in [5, 5.41) is 5.04. The summed E-state index contributed by atoms with van der Waals surface area (Å²) in [6, 6.07) is 19.5. The molecule has 0 radical (unpaired) electrons. The van der Waals surface area contributed by atoms with Gasteiger partial charge in [-0.2, -0.15) is 0 Å². The zero-order chi connectivity index (χ0) is 24.6. The first-order valence-electron chi connectivity index (χ1n) is 12.1. The Labute approximate surface area is 211 Å². The molecule has 35 heavy (non-hydrogen) atoms. The van der Waals surface area contributed by atoms with E-state index in [9.17, 15) is 9.59 Å². The molecule has 1 N–H and O–H groups in total. The lowest BCUT2D eigenvalue weighted by Crippen LogP contribution is -2.46. The van der Waals surface area contributed by atoms with Crippen LogP contribution in [0.15, 0.2) is 66.0 Å². The van der Waals surface area contributed by atoms with E-state index < -0.39 is 0 Å². The summed E-state index contributed by atoms with van der Waals surface area (Å²) in [6.07, 6.45) is 1.82. The number of nitrogens with zero attached hydrogens (tertiary/aromatic N) is 2. The SMILES string of the molecule is Cc1cccc(NC(=O)N(CC(=O)N(Cc2ccccc2)Cc2cccs2)C[C@H]2CCCO2)c1C. The van der Waals surface area contributed by atoms with Gasteiger partial charge in [0.2, 0.25) is 5.91 Å². The van der Waals surface area contributed by atoms with E-state index in [1.165, 1.54) is 0 Å². The Morgan fingerprint density at radius 3 is 2.54 bits per heavy atom. The van der Waals surface area contributed by atoms with E-state index in [4.69, 9.17) is 4.74 Å². The van der Waals surface area contributed by atoms with Crippen molar-refractivity contribution in [2.24, 2.45) is 0 Å². The third kappa shape index (κ3) is 6.93. The molecule has 7 heteroatoms. The van der Waals surface area contributed by atoms with Gasteiger partial charge in [0.05, 0.1) is 12.6 Å². The smallest absolute Gasteiger partial charge is 0.322 e. The number of thiophene rings is 1. The van der Waals surface area contributed by atoms with Crippen LogP contribution in [0, 0.1) is 13.8 Å². The van der Waals surface area contributed by atoms with Crippen LogP contribution in [-0.2, 0) is 22.6 Å². The van der Waals surface area contributed by atoms with E-state index in [0.29, 0.717) is 26.2 Å². The molecule has 0 aliphatic carbocycles. The van der Waals surface area contributed by atoms with Crippen molar-refractivity contribution in [1.29, 1.82) is 0 Å². The van der Waals surface area contributed by atoms with Crippen LogP contribution in [0.2, 0.25) is 0 Å². The summed E-state index contributed by atoms with van der Waals surface area (Å²) in [6.45, 7) is 6.09. The van der Waals surface area contributed by atoms with Gasteiger partial charge in [0.1, 0.15) is 6.54 Å².